The maximum Gasteiger partial charge on any atom is 0.241 e. The largest absolute Gasteiger partial charge is 0.493 e. The lowest BCUT2D eigenvalue weighted by atomic mass is 10.0. The van der Waals surface area contributed by atoms with Gasteiger partial charge in [0.2, 0.25) is 5.91 Å². The lowest BCUT2D eigenvalue weighted by Gasteiger charge is -2.37. The molecule has 28 heavy (non-hydrogen) atoms. The molecule has 1 amide bonds. The number of rotatable bonds is 7. The number of hydrogen-bond donors (Lipinski definition) is 1. The Kier molecular flexibility index (Phi) is 7.06. The molecule has 2 heterocycles. The minimum Gasteiger partial charge on any atom is -0.493 e. The van der Waals surface area contributed by atoms with Crippen LogP contribution in [0, 0.1) is 0 Å². The Morgan fingerprint density at radius 3 is 2.71 bits per heavy atom. The Morgan fingerprint density at radius 1 is 1.32 bits per heavy atom. The van der Waals surface area contributed by atoms with Crippen LogP contribution in [0.1, 0.15) is 18.4 Å². The zero-order chi connectivity index (χ0) is 19.9. The highest BCUT2D eigenvalue weighted by Gasteiger charge is 2.25. The normalized spacial score (nSPS) is 15.2. The van der Waals surface area contributed by atoms with Crippen LogP contribution in [0.5, 0.6) is 5.75 Å². The van der Waals surface area contributed by atoms with Crippen LogP contribution in [-0.2, 0) is 11.3 Å². The van der Waals surface area contributed by atoms with Crippen LogP contribution in [-0.4, -0.2) is 65.7 Å². The smallest absolute Gasteiger partial charge is 0.241 e. The molecule has 0 unspecified atom stereocenters. The molecule has 1 N–H and O–H groups in total. The van der Waals surface area contributed by atoms with Crippen molar-refractivity contribution in [2.24, 2.45) is 0 Å². The van der Waals surface area contributed by atoms with Gasteiger partial charge in [-0.25, -0.2) is 0 Å². The number of likely N-dealkylation sites (N-methyl/N-ethyl adjacent to an activating group) is 1. The Hall–Kier alpha value is -2.38. The van der Waals surface area contributed by atoms with Gasteiger partial charge in [-0.1, -0.05) is 41.9 Å². The molecule has 0 radical (unpaired) electrons. The van der Waals surface area contributed by atoms with Crippen molar-refractivity contribution in [3.05, 3.63) is 47.2 Å². The van der Waals surface area contributed by atoms with E-state index in [1.165, 1.54) is 18.9 Å². The molecule has 1 aromatic heterocycles. The summed E-state index contributed by atoms with van der Waals surface area (Å²) in [6.07, 6.45) is 3.40. The van der Waals surface area contributed by atoms with Crippen molar-refractivity contribution >= 4 is 23.2 Å². The fraction of sp³-hybridized carbons (Fsp3) is 0.450. The fourth-order valence-corrected chi connectivity index (χ4v) is 3.67. The summed E-state index contributed by atoms with van der Waals surface area (Å²) in [5.74, 6) is 0.473. The summed E-state index contributed by atoms with van der Waals surface area (Å²) < 4.78 is 5.22. The molecule has 2 aromatic rings. The second-order valence-electron chi connectivity index (χ2n) is 6.93. The molecule has 1 aromatic carbocycles. The van der Waals surface area contributed by atoms with E-state index in [4.69, 9.17) is 16.3 Å². The first kappa shape index (κ1) is 20.4. The van der Waals surface area contributed by atoms with Gasteiger partial charge >= 0.3 is 0 Å². The molecule has 0 atom stereocenters. The number of halogens is 1. The maximum atomic E-state index is 12.6. The van der Waals surface area contributed by atoms with Crippen LogP contribution in [0.4, 0.5) is 5.69 Å². The van der Waals surface area contributed by atoms with Gasteiger partial charge in [-0.3, -0.25) is 9.69 Å². The highest BCUT2D eigenvalue weighted by Crippen LogP contribution is 2.28. The number of nitrogens with one attached hydrogen (secondary N) is 1. The van der Waals surface area contributed by atoms with E-state index in [9.17, 15) is 4.79 Å². The molecule has 1 saturated heterocycles. The number of benzene rings is 1. The van der Waals surface area contributed by atoms with Crippen molar-refractivity contribution in [2.75, 3.05) is 39.1 Å². The molecule has 1 fully saturated rings. The second kappa shape index (κ2) is 9.71. The van der Waals surface area contributed by atoms with Gasteiger partial charge in [0, 0.05) is 32.7 Å². The third-order valence-corrected chi connectivity index (χ3v) is 5.42. The van der Waals surface area contributed by atoms with Crippen LogP contribution < -0.4 is 10.1 Å². The molecule has 0 spiro atoms. The average molecular weight is 404 g/mol. The van der Waals surface area contributed by atoms with E-state index in [-0.39, 0.29) is 23.6 Å². The first-order valence-corrected chi connectivity index (χ1v) is 9.77. The number of piperidine rings is 1. The third kappa shape index (κ3) is 5.11. The number of aromatic nitrogens is 2. The molecule has 1 aliphatic rings. The van der Waals surface area contributed by atoms with Gasteiger partial charge in [0.1, 0.15) is 5.69 Å². The first-order chi connectivity index (χ1) is 13.6. The van der Waals surface area contributed by atoms with Crippen LogP contribution in [0.15, 0.2) is 36.5 Å². The van der Waals surface area contributed by atoms with Crippen LogP contribution >= 0.6 is 11.6 Å². The number of likely N-dealkylation sites (tertiary alicyclic amines) is 1. The molecule has 0 bridgehead atoms. The molecule has 0 saturated carbocycles. The van der Waals surface area contributed by atoms with Crippen molar-refractivity contribution < 1.29 is 9.53 Å². The van der Waals surface area contributed by atoms with Gasteiger partial charge in [0.25, 0.3) is 0 Å². The van der Waals surface area contributed by atoms with Crippen LogP contribution in [0.3, 0.4) is 0 Å². The first-order valence-electron chi connectivity index (χ1n) is 9.39. The Balaban J connectivity index is 1.48. The number of methoxy groups -OCH3 is 1. The molecule has 0 aliphatic carbocycles. The number of ether oxygens (including phenoxy) is 1. The number of carbonyl (C=O) groups excluding carboxylic acids is 1. The minimum atomic E-state index is 0.0106. The monoisotopic (exact) mass is 403 g/mol. The van der Waals surface area contributed by atoms with E-state index in [2.05, 4.69) is 44.7 Å². The van der Waals surface area contributed by atoms with Crippen molar-refractivity contribution in [1.29, 1.82) is 0 Å². The van der Waals surface area contributed by atoms with Gasteiger partial charge in [0.05, 0.1) is 19.9 Å². The van der Waals surface area contributed by atoms with Gasteiger partial charge in [0.15, 0.2) is 10.9 Å². The van der Waals surface area contributed by atoms with E-state index < -0.39 is 0 Å². The number of anilines is 1. The highest BCUT2D eigenvalue weighted by molar-refractivity contribution is 6.32. The molecular weight excluding hydrogens is 378 g/mol. The van der Waals surface area contributed by atoms with Crippen LogP contribution in [0.2, 0.25) is 5.15 Å². The van der Waals surface area contributed by atoms with Crippen LogP contribution in [0.25, 0.3) is 0 Å². The summed E-state index contributed by atoms with van der Waals surface area (Å²) in [5, 5.41) is 10.7. The summed E-state index contributed by atoms with van der Waals surface area (Å²) in [6, 6.07) is 10.7. The fourth-order valence-electron chi connectivity index (χ4n) is 3.46. The van der Waals surface area contributed by atoms with Crippen molar-refractivity contribution in [2.45, 2.75) is 25.4 Å². The predicted octanol–water partition coefficient (Wildman–Crippen LogP) is 2.67. The summed E-state index contributed by atoms with van der Waals surface area (Å²) in [7, 11) is 3.39. The zero-order valence-corrected chi connectivity index (χ0v) is 17.0. The Morgan fingerprint density at radius 2 is 2.04 bits per heavy atom. The lowest BCUT2D eigenvalue weighted by molar-refractivity contribution is -0.130. The quantitative estimate of drug-likeness (QED) is 0.766. The van der Waals surface area contributed by atoms with Gasteiger partial charge in [-0.05, 0) is 18.4 Å². The van der Waals surface area contributed by atoms with E-state index >= 15 is 0 Å². The highest BCUT2D eigenvalue weighted by atomic mass is 35.5. The van der Waals surface area contributed by atoms with Gasteiger partial charge < -0.3 is 15.0 Å². The molecule has 1 aliphatic heterocycles. The van der Waals surface area contributed by atoms with Gasteiger partial charge in [-0.15, -0.1) is 5.10 Å². The molecule has 3 rings (SSSR count). The van der Waals surface area contributed by atoms with E-state index in [1.54, 1.807) is 0 Å². The lowest BCUT2D eigenvalue weighted by Crippen LogP contribution is -2.46. The van der Waals surface area contributed by atoms with E-state index in [0.717, 1.165) is 32.5 Å². The SMILES string of the molecule is COc1cnnc(Cl)c1NCC(=O)N(C)C1CCN(Cc2ccccc2)CC1. The predicted molar refractivity (Wildman–Crippen MR) is 110 cm³/mol. The number of amides is 1. The summed E-state index contributed by atoms with van der Waals surface area (Å²) >= 11 is 6.06. The topological polar surface area (TPSA) is 70.6 Å². The standard InChI is InChI=1S/C20H26ClN5O2/c1-25(18(27)13-22-19-17(28-2)12-23-24-20(19)21)16-8-10-26(11-9-16)14-15-6-4-3-5-7-15/h3-7,12,16H,8-11,13-14H2,1-2H3,(H,22,23). The molecular formula is C20H26ClN5O2. The number of carbonyl (C=O) groups is 1. The zero-order valence-electron chi connectivity index (χ0n) is 16.3. The number of nitrogens with zero attached hydrogens (tertiary/aromatic N) is 4. The molecule has 150 valence electrons. The van der Waals surface area contributed by atoms with Crippen molar-refractivity contribution in [1.82, 2.24) is 20.0 Å². The summed E-state index contributed by atoms with van der Waals surface area (Å²) in [5.41, 5.74) is 1.81. The Bertz CT molecular complexity index is 781. The summed E-state index contributed by atoms with van der Waals surface area (Å²) in [4.78, 5) is 16.9. The van der Waals surface area contributed by atoms with Crippen molar-refractivity contribution in [3.63, 3.8) is 0 Å². The average Bonchev–Trinajstić information content (AvgIpc) is 2.73. The van der Waals surface area contributed by atoms with Gasteiger partial charge in [-0.2, -0.15) is 5.10 Å². The maximum absolute atomic E-state index is 12.6. The van der Waals surface area contributed by atoms with E-state index in [0.29, 0.717) is 11.4 Å². The Labute approximate surface area is 170 Å². The number of hydrogen-bond acceptors (Lipinski definition) is 6. The third-order valence-electron chi connectivity index (χ3n) is 5.16. The molecule has 7 nitrogen and oxygen atoms in total. The summed E-state index contributed by atoms with van der Waals surface area (Å²) in [6.45, 7) is 3.06. The van der Waals surface area contributed by atoms with Crippen molar-refractivity contribution in [3.8, 4) is 5.75 Å². The molecule has 8 heteroatoms. The second-order valence-corrected chi connectivity index (χ2v) is 7.29. The minimum absolute atomic E-state index is 0.0106. The van der Waals surface area contributed by atoms with E-state index in [1.807, 2.05) is 18.0 Å².